The summed E-state index contributed by atoms with van der Waals surface area (Å²) in [5.41, 5.74) is 1.71. The first kappa shape index (κ1) is 66.6. The lowest BCUT2D eigenvalue weighted by Crippen LogP contribution is -2.52. The predicted molar refractivity (Wildman–Crippen MR) is 292 cm³/mol. The highest BCUT2D eigenvalue weighted by Crippen LogP contribution is 2.20. The highest BCUT2D eigenvalue weighted by molar-refractivity contribution is 5.94. The van der Waals surface area contributed by atoms with Crippen molar-refractivity contribution in [1.82, 2.24) is 50.8 Å². The summed E-state index contributed by atoms with van der Waals surface area (Å²) in [6.45, 7) is 0.833. The van der Waals surface area contributed by atoms with Crippen LogP contribution in [0.25, 0.3) is 10.8 Å². The number of rotatable bonds is 34. The molecule has 82 heavy (non-hydrogen) atoms. The number of hydrogen-bond donors (Lipinski definition) is 12. The number of carbonyl (C=O) groups is 10. The van der Waals surface area contributed by atoms with Crippen LogP contribution in [0.1, 0.15) is 85.8 Å². The lowest BCUT2D eigenvalue weighted by atomic mass is 10.1. The summed E-state index contributed by atoms with van der Waals surface area (Å²) in [7, 11) is 0. The number of fused-ring (bicyclic) bond motifs is 1. The number of nitrogens with zero attached hydrogens (tertiary/aromatic N) is 6. The van der Waals surface area contributed by atoms with Gasteiger partial charge >= 0.3 is 47.8 Å². The Morgan fingerprint density at radius 2 is 1.13 bits per heavy atom. The second kappa shape index (κ2) is 35.1. The fourth-order valence-electron chi connectivity index (χ4n) is 9.24. The first-order valence-corrected chi connectivity index (χ1v) is 27.0. The van der Waals surface area contributed by atoms with Gasteiger partial charge in [0.1, 0.15) is 24.4 Å². The third-order valence-corrected chi connectivity index (χ3v) is 13.7. The summed E-state index contributed by atoms with van der Waals surface area (Å²) in [5.74, 6) is -9.20. The molecule has 1 saturated heterocycles. The maximum absolute atomic E-state index is 13.8. The van der Waals surface area contributed by atoms with Crippen LogP contribution in [0.4, 0.5) is 4.79 Å². The van der Waals surface area contributed by atoms with Crippen LogP contribution in [-0.2, 0) is 51.4 Å². The Balaban J connectivity index is 1.26. The van der Waals surface area contributed by atoms with E-state index in [1.54, 1.807) is 55.0 Å². The highest BCUT2D eigenvalue weighted by atomic mass is 16.4. The maximum atomic E-state index is 13.8. The number of pyridine rings is 1. The molecule has 1 aliphatic heterocycles. The van der Waals surface area contributed by atoms with Gasteiger partial charge in [0, 0.05) is 102 Å². The number of aromatic nitrogens is 1. The Kier molecular flexibility index (Phi) is 28.5. The van der Waals surface area contributed by atoms with Gasteiger partial charge in [-0.2, -0.15) is 0 Å². The number of carboxylic acid groups (broad SMARTS) is 7. The predicted octanol–water partition coefficient (Wildman–Crippen LogP) is 0.521. The molecule has 2 aromatic carbocycles. The molecule has 0 radical (unpaired) electrons. The summed E-state index contributed by atoms with van der Waals surface area (Å²) in [5, 5.41) is 89.7. The average molecular weight is 1150 g/mol. The van der Waals surface area contributed by atoms with E-state index in [4.69, 9.17) is 5.11 Å². The summed E-state index contributed by atoms with van der Waals surface area (Å²) < 4.78 is 0. The average Bonchev–Trinajstić information content (AvgIpc) is 3.41. The molecule has 1 fully saturated rings. The third-order valence-electron chi connectivity index (χ3n) is 13.7. The molecular formula is C54H76N10O18. The van der Waals surface area contributed by atoms with Gasteiger partial charge in [0.05, 0.1) is 31.9 Å². The van der Waals surface area contributed by atoms with Gasteiger partial charge < -0.3 is 61.7 Å². The number of amides is 4. The second-order valence-corrected chi connectivity index (χ2v) is 19.9. The molecule has 1 aliphatic rings. The van der Waals surface area contributed by atoms with Gasteiger partial charge in [0.25, 0.3) is 5.91 Å². The van der Waals surface area contributed by atoms with Crippen molar-refractivity contribution in [3.05, 3.63) is 77.6 Å². The molecule has 1 aromatic heterocycles. The molecular weight excluding hydrogens is 1080 g/mol. The van der Waals surface area contributed by atoms with Crippen molar-refractivity contribution in [2.24, 2.45) is 0 Å². The number of urea groups is 1. The van der Waals surface area contributed by atoms with Crippen molar-refractivity contribution in [2.45, 2.75) is 102 Å². The minimum absolute atomic E-state index is 0.00196. The van der Waals surface area contributed by atoms with Gasteiger partial charge in [-0.05, 0) is 80.5 Å². The summed E-state index contributed by atoms with van der Waals surface area (Å²) in [6.07, 6.45) is 1.01. The van der Waals surface area contributed by atoms with E-state index >= 15 is 0 Å². The van der Waals surface area contributed by atoms with Crippen LogP contribution in [0.15, 0.2) is 60.8 Å². The van der Waals surface area contributed by atoms with E-state index in [1.165, 1.54) is 0 Å². The number of aliphatic hydroxyl groups is 1. The van der Waals surface area contributed by atoms with Gasteiger partial charge in [-0.15, -0.1) is 0 Å². The number of hydrogen-bond acceptors (Lipinski definition) is 17. The molecule has 12 N–H and O–H groups in total. The van der Waals surface area contributed by atoms with E-state index in [0.29, 0.717) is 36.1 Å². The molecule has 4 amide bonds. The quantitative estimate of drug-likeness (QED) is 0.0286. The Hall–Kier alpha value is -7.89. The van der Waals surface area contributed by atoms with Crippen LogP contribution < -0.4 is 21.3 Å². The minimum Gasteiger partial charge on any atom is -0.481 e. The molecule has 4 atom stereocenters. The van der Waals surface area contributed by atoms with Crippen LogP contribution in [-0.4, -0.2) is 239 Å². The summed E-state index contributed by atoms with van der Waals surface area (Å²) >= 11 is 0. The van der Waals surface area contributed by atoms with Gasteiger partial charge in [-0.3, -0.25) is 63.5 Å². The SMILES string of the molecule is O=C(O)CC[C@@H](NC(=O)N[C@H](CCCCN(Cc1nccc2ccccc12)C(=O)CCCCNC(=O)c1ccc(CNC(O)CCC(C(=O)O)N2CCN(CC(=O)O)CCN(CC(=O)O)CCN(CC(=O)O)CC2)cc1)C(=O)O)C(=O)O. The van der Waals surface area contributed by atoms with E-state index in [1.807, 2.05) is 30.3 Å². The Bertz CT molecular complexity index is 2590. The van der Waals surface area contributed by atoms with Crippen molar-refractivity contribution in [1.29, 1.82) is 0 Å². The molecule has 2 unspecified atom stereocenters. The molecule has 0 aliphatic carbocycles. The molecule has 28 heteroatoms. The number of unbranched alkanes of at least 4 members (excludes halogenated alkanes) is 2. The van der Waals surface area contributed by atoms with Crippen molar-refractivity contribution < 1.29 is 88.8 Å². The minimum atomic E-state index is -1.56. The second-order valence-electron chi connectivity index (χ2n) is 19.9. The van der Waals surface area contributed by atoms with E-state index in [9.17, 15) is 83.7 Å². The topological polar surface area (TPSA) is 410 Å². The number of carboxylic acids is 7. The number of benzene rings is 2. The zero-order valence-corrected chi connectivity index (χ0v) is 45.6. The zero-order chi connectivity index (χ0) is 60.1. The molecule has 4 rings (SSSR count). The maximum Gasteiger partial charge on any atom is 0.326 e. The molecule has 0 bridgehead atoms. The third kappa shape index (κ3) is 24.9. The molecule has 3 aromatic rings. The smallest absolute Gasteiger partial charge is 0.326 e. The molecule has 2 heterocycles. The van der Waals surface area contributed by atoms with Gasteiger partial charge in [0.2, 0.25) is 5.91 Å². The summed E-state index contributed by atoms with van der Waals surface area (Å²) in [6, 6.07) is 10.8. The molecule has 0 saturated carbocycles. The Labute approximate surface area is 473 Å². The number of nitrogens with one attached hydrogen (secondary N) is 4. The van der Waals surface area contributed by atoms with Gasteiger partial charge in [0.15, 0.2) is 0 Å². The van der Waals surface area contributed by atoms with Crippen LogP contribution in [0.2, 0.25) is 0 Å². The lowest BCUT2D eigenvalue weighted by Gasteiger charge is -2.35. The monoisotopic (exact) mass is 1150 g/mol. The number of aliphatic hydroxyl groups excluding tert-OH is 1. The van der Waals surface area contributed by atoms with Crippen molar-refractivity contribution in [3.8, 4) is 0 Å². The van der Waals surface area contributed by atoms with E-state index in [2.05, 4.69) is 26.3 Å². The van der Waals surface area contributed by atoms with Gasteiger partial charge in [-0.25, -0.2) is 14.4 Å². The van der Waals surface area contributed by atoms with E-state index in [-0.39, 0.29) is 142 Å². The molecule has 450 valence electrons. The summed E-state index contributed by atoms with van der Waals surface area (Å²) in [4.78, 5) is 134. The van der Waals surface area contributed by atoms with Crippen LogP contribution in [0.3, 0.4) is 0 Å². The van der Waals surface area contributed by atoms with Crippen molar-refractivity contribution in [3.63, 3.8) is 0 Å². The van der Waals surface area contributed by atoms with Gasteiger partial charge in [-0.1, -0.05) is 36.4 Å². The van der Waals surface area contributed by atoms with E-state index in [0.717, 1.165) is 10.8 Å². The van der Waals surface area contributed by atoms with Crippen LogP contribution in [0, 0.1) is 0 Å². The molecule has 0 spiro atoms. The first-order valence-electron chi connectivity index (χ1n) is 27.0. The largest absolute Gasteiger partial charge is 0.481 e. The number of carbonyl (C=O) groups excluding carboxylic acids is 3. The Morgan fingerprint density at radius 3 is 1.68 bits per heavy atom. The molecule has 28 nitrogen and oxygen atoms in total. The van der Waals surface area contributed by atoms with Crippen molar-refractivity contribution >= 4 is 70.4 Å². The fraction of sp³-hybridized carbons (Fsp3) is 0.537. The normalized spacial score (nSPS) is 15.6. The highest BCUT2D eigenvalue weighted by Gasteiger charge is 2.30. The lowest BCUT2D eigenvalue weighted by molar-refractivity contribution is -0.145. The number of aliphatic carboxylic acids is 7. The van der Waals surface area contributed by atoms with Crippen LogP contribution >= 0.6 is 0 Å². The van der Waals surface area contributed by atoms with Crippen molar-refractivity contribution in [2.75, 3.05) is 85.1 Å². The standard InChI is InChI=1S/C54H76N10O18/c65-44(17-16-43(53(80)81)63-29-27-61(34-48(71)72)25-23-60(33-47(69)70)24-26-62(28-30-63)35-49(73)74)57-31-36-11-13-38(14-12-36)50(75)56-20-5-3-10-45(66)64(32-42-39-8-2-1-7-37(39)19-21-55-42)22-6-4-9-40(51(76)77)58-54(82)59-41(52(78)79)15-18-46(67)68/h1-2,7-8,11-14,19,21,40-41,43-44,57,65H,3-6,9-10,15-18,20,22-35H2,(H,56,75)(H,67,68)(H,69,70)(H,71,72)(H,73,74)(H,76,77)(H,78,79)(H,80,81)(H2,58,59,82)/t40-,41-,43?,44?/m1/s1. The van der Waals surface area contributed by atoms with E-state index < -0.39 is 85.0 Å². The zero-order valence-electron chi connectivity index (χ0n) is 45.6. The first-order chi connectivity index (χ1) is 39.1. The Morgan fingerprint density at radius 1 is 0.573 bits per heavy atom. The fourth-order valence-corrected chi connectivity index (χ4v) is 9.24. The van der Waals surface area contributed by atoms with Crippen LogP contribution in [0.5, 0.6) is 0 Å².